The average Bonchev–Trinajstić information content (AvgIpc) is 2.10. The normalized spacial score (nSPS) is 10.3. The van der Waals surface area contributed by atoms with E-state index in [0.29, 0.717) is 9.79 Å². The van der Waals surface area contributed by atoms with E-state index in [2.05, 4.69) is 0 Å². The summed E-state index contributed by atoms with van der Waals surface area (Å²) >= 11 is 2.41. The van der Waals surface area contributed by atoms with Crippen LogP contribution in [0.25, 0.3) is 0 Å². The maximum atomic E-state index is 13.0. The largest absolute Gasteiger partial charge is 0.202 e. The van der Waals surface area contributed by atoms with E-state index in [9.17, 15) is 8.78 Å². The molecular weight excluding hydrogens is 198 g/mol. The Bertz CT molecular complexity index is 258. The second-order valence-electron chi connectivity index (χ2n) is 2.10. The van der Waals surface area contributed by atoms with Crippen molar-refractivity contribution in [2.45, 2.75) is 9.79 Å². The number of thioether (sulfide) groups is 2. The van der Waals surface area contributed by atoms with Crippen molar-refractivity contribution in [1.82, 2.24) is 0 Å². The SMILES string of the molecule is CSc1ccc(SC)c(F)c1F. The van der Waals surface area contributed by atoms with Crippen LogP contribution in [-0.4, -0.2) is 12.5 Å². The van der Waals surface area contributed by atoms with Crippen LogP contribution in [0.1, 0.15) is 0 Å². The molecule has 0 aliphatic rings. The van der Waals surface area contributed by atoms with E-state index in [0.717, 1.165) is 0 Å². The van der Waals surface area contributed by atoms with E-state index in [4.69, 9.17) is 0 Å². The van der Waals surface area contributed by atoms with Crippen molar-refractivity contribution in [2.24, 2.45) is 0 Å². The summed E-state index contributed by atoms with van der Waals surface area (Å²) in [5, 5.41) is 0. The molecule has 1 aromatic carbocycles. The summed E-state index contributed by atoms with van der Waals surface area (Å²) in [5.41, 5.74) is 0. The zero-order chi connectivity index (χ0) is 9.14. The molecule has 0 N–H and O–H groups in total. The molecular formula is C8H8F2S2. The monoisotopic (exact) mass is 206 g/mol. The fourth-order valence-corrected chi connectivity index (χ4v) is 1.78. The first-order valence-corrected chi connectivity index (χ1v) is 5.71. The number of rotatable bonds is 2. The molecule has 0 aliphatic carbocycles. The van der Waals surface area contributed by atoms with Gasteiger partial charge in [-0.05, 0) is 24.6 Å². The van der Waals surface area contributed by atoms with Gasteiger partial charge >= 0.3 is 0 Å². The van der Waals surface area contributed by atoms with Crippen molar-refractivity contribution >= 4 is 23.5 Å². The van der Waals surface area contributed by atoms with Gasteiger partial charge in [0.1, 0.15) is 0 Å². The third-order valence-corrected chi connectivity index (χ3v) is 2.96. The molecule has 0 bridgehead atoms. The summed E-state index contributed by atoms with van der Waals surface area (Å²) in [6.07, 6.45) is 3.44. The van der Waals surface area contributed by atoms with Gasteiger partial charge in [0.2, 0.25) is 0 Å². The van der Waals surface area contributed by atoms with Gasteiger partial charge < -0.3 is 0 Å². The van der Waals surface area contributed by atoms with Gasteiger partial charge in [-0.25, -0.2) is 8.78 Å². The summed E-state index contributed by atoms with van der Waals surface area (Å²) in [5.74, 6) is -1.48. The van der Waals surface area contributed by atoms with Crippen LogP contribution in [0.2, 0.25) is 0 Å². The van der Waals surface area contributed by atoms with Crippen molar-refractivity contribution < 1.29 is 8.78 Å². The number of halogens is 2. The maximum Gasteiger partial charge on any atom is 0.173 e. The molecule has 0 saturated heterocycles. The smallest absolute Gasteiger partial charge is 0.173 e. The molecule has 0 heterocycles. The quantitative estimate of drug-likeness (QED) is 0.680. The fraction of sp³-hybridized carbons (Fsp3) is 0.250. The Hall–Kier alpha value is -0.220. The predicted octanol–water partition coefficient (Wildman–Crippen LogP) is 3.41. The molecule has 12 heavy (non-hydrogen) atoms. The minimum absolute atomic E-state index is 0.352. The van der Waals surface area contributed by atoms with Gasteiger partial charge in [-0.2, -0.15) is 0 Å². The van der Waals surface area contributed by atoms with Crippen molar-refractivity contribution in [2.75, 3.05) is 12.5 Å². The Kier molecular flexibility index (Phi) is 3.40. The lowest BCUT2D eigenvalue weighted by atomic mass is 10.3. The Morgan fingerprint density at radius 3 is 1.50 bits per heavy atom. The Balaban J connectivity index is 3.20. The molecule has 0 amide bonds. The molecule has 66 valence electrons. The Labute approximate surface area is 78.7 Å². The minimum Gasteiger partial charge on any atom is -0.202 e. The van der Waals surface area contributed by atoms with Crippen molar-refractivity contribution in [1.29, 1.82) is 0 Å². The van der Waals surface area contributed by atoms with Gasteiger partial charge in [0.15, 0.2) is 11.6 Å². The highest BCUT2D eigenvalue weighted by Crippen LogP contribution is 2.27. The van der Waals surface area contributed by atoms with Gasteiger partial charge in [0, 0.05) is 9.79 Å². The van der Waals surface area contributed by atoms with Crippen LogP contribution < -0.4 is 0 Å². The van der Waals surface area contributed by atoms with E-state index in [1.807, 2.05) is 0 Å². The summed E-state index contributed by atoms with van der Waals surface area (Å²) in [6, 6.07) is 3.18. The molecule has 0 saturated carbocycles. The Morgan fingerprint density at radius 2 is 1.25 bits per heavy atom. The molecule has 0 spiro atoms. The number of benzene rings is 1. The van der Waals surface area contributed by atoms with Gasteiger partial charge in [-0.1, -0.05) is 0 Å². The summed E-state index contributed by atoms with van der Waals surface area (Å²) < 4.78 is 26.1. The standard InChI is InChI=1S/C8H8F2S2/c1-11-5-3-4-6(12-2)8(10)7(5)9/h3-4H,1-2H3. The van der Waals surface area contributed by atoms with Crippen molar-refractivity contribution in [3.63, 3.8) is 0 Å². The van der Waals surface area contributed by atoms with E-state index in [1.54, 1.807) is 24.6 Å². The van der Waals surface area contributed by atoms with Crippen molar-refractivity contribution in [3.8, 4) is 0 Å². The molecule has 0 nitrogen and oxygen atoms in total. The van der Waals surface area contributed by atoms with Gasteiger partial charge in [0.25, 0.3) is 0 Å². The van der Waals surface area contributed by atoms with Gasteiger partial charge in [0.05, 0.1) is 0 Å². The first kappa shape index (κ1) is 9.86. The highest BCUT2D eigenvalue weighted by atomic mass is 32.2. The average molecular weight is 206 g/mol. The molecule has 0 aliphatic heterocycles. The molecule has 4 heteroatoms. The molecule has 1 aromatic rings. The van der Waals surface area contributed by atoms with E-state index < -0.39 is 11.6 Å². The van der Waals surface area contributed by atoms with Crippen LogP contribution in [0.3, 0.4) is 0 Å². The summed E-state index contributed by atoms with van der Waals surface area (Å²) in [7, 11) is 0. The number of hydrogen-bond acceptors (Lipinski definition) is 2. The molecule has 0 aromatic heterocycles. The lowest BCUT2D eigenvalue weighted by Gasteiger charge is -2.03. The van der Waals surface area contributed by atoms with E-state index >= 15 is 0 Å². The second-order valence-corrected chi connectivity index (χ2v) is 3.79. The maximum absolute atomic E-state index is 13.0. The zero-order valence-electron chi connectivity index (χ0n) is 6.73. The lowest BCUT2D eigenvalue weighted by Crippen LogP contribution is -1.89. The van der Waals surface area contributed by atoms with Crippen LogP contribution in [0.5, 0.6) is 0 Å². The highest BCUT2D eigenvalue weighted by Gasteiger charge is 2.11. The molecule has 0 atom stereocenters. The Morgan fingerprint density at radius 1 is 0.917 bits per heavy atom. The lowest BCUT2D eigenvalue weighted by molar-refractivity contribution is 0.475. The zero-order valence-corrected chi connectivity index (χ0v) is 8.36. The fourth-order valence-electron chi connectivity index (χ4n) is 0.829. The molecule has 0 fully saturated rings. The second kappa shape index (κ2) is 4.14. The van der Waals surface area contributed by atoms with Crippen LogP contribution in [0, 0.1) is 11.6 Å². The summed E-state index contributed by atoms with van der Waals surface area (Å²) in [4.78, 5) is 0.704. The van der Waals surface area contributed by atoms with Crippen molar-refractivity contribution in [3.05, 3.63) is 23.8 Å². The molecule has 1 rings (SSSR count). The topological polar surface area (TPSA) is 0 Å². The molecule has 0 unspecified atom stereocenters. The molecule has 0 radical (unpaired) electrons. The highest BCUT2D eigenvalue weighted by molar-refractivity contribution is 7.99. The van der Waals surface area contributed by atoms with Gasteiger partial charge in [-0.3, -0.25) is 0 Å². The van der Waals surface area contributed by atoms with Gasteiger partial charge in [-0.15, -0.1) is 23.5 Å². The minimum atomic E-state index is -0.741. The van der Waals surface area contributed by atoms with Crippen LogP contribution in [0.4, 0.5) is 8.78 Å². The first-order chi connectivity index (χ1) is 5.70. The van der Waals surface area contributed by atoms with E-state index in [1.165, 1.54) is 23.5 Å². The van der Waals surface area contributed by atoms with Crippen LogP contribution >= 0.6 is 23.5 Å². The van der Waals surface area contributed by atoms with Crippen LogP contribution in [0.15, 0.2) is 21.9 Å². The third-order valence-electron chi connectivity index (χ3n) is 1.45. The summed E-state index contributed by atoms with van der Waals surface area (Å²) in [6.45, 7) is 0. The van der Waals surface area contributed by atoms with E-state index in [-0.39, 0.29) is 0 Å². The first-order valence-electron chi connectivity index (χ1n) is 3.26. The third kappa shape index (κ3) is 1.75. The van der Waals surface area contributed by atoms with Crippen LogP contribution in [-0.2, 0) is 0 Å². The predicted molar refractivity (Wildman–Crippen MR) is 49.9 cm³/mol. The number of hydrogen-bond donors (Lipinski definition) is 0.